The van der Waals surface area contributed by atoms with Crippen LogP contribution < -0.4 is 10.5 Å². The van der Waals surface area contributed by atoms with Gasteiger partial charge in [0.2, 0.25) is 0 Å². The molecule has 3 N–H and O–H groups in total. The number of ether oxygens (including phenoxy) is 1. The van der Waals surface area contributed by atoms with Gasteiger partial charge in [-0.15, -0.1) is 0 Å². The first-order chi connectivity index (χ1) is 9.08. The number of nitrogens with zero attached hydrogens (tertiary/aromatic N) is 3. The van der Waals surface area contributed by atoms with Crippen LogP contribution in [0.2, 0.25) is 0 Å². The van der Waals surface area contributed by atoms with Crippen LogP contribution in [0.1, 0.15) is 11.4 Å². The molecule has 98 valence electrons. The van der Waals surface area contributed by atoms with Crippen LogP contribution in [0.5, 0.6) is 11.8 Å². The largest absolute Gasteiger partial charge is 0.424 e. The van der Waals surface area contributed by atoms with Crippen LogP contribution in [-0.2, 0) is 0 Å². The van der Waals surface area contributed by atoms with Crippen LogP contribution in [0.3, 0.4) is 0 Å². The molecule has 1 heterocycles. The molecule has 0 atom stereocenters. The van der Waals surface area contributed by atoms with Crippen LogP contribution in [0.15, 0.2) is 35.5 Å². The Hall–Kier alpha value is -2.70. The maximum absolute atomic E-state index is 12.8. The van der Waals surface area contributed by atoms with Gasteiger partial charge in [0.25, 0.3) is 0 Å². The van der Waals surface area contributed by atoms with Gasteiger partial charge in [-0.1, -0.05) is 5.16 Å². The molecular formula is C12H11FN4O2. The van der Waals surface area contributed by atoms with Crippen LogP contribution in [0.4, 0.5) is 4.39 Å². The Bertz CT molecular complexity index is 614. The fourth-order valence-corrected chi connectivity index (χ4v) is 1.38. The molecular weight excluding hydrogens is 251 g/mol. The summed E-state index contributed by atoms with van der Waals surface area (Å²) in [6, 6.07) is 7.00. The Labute approximate surface area is 108 Å². The molecule has 7 heteroatoms. The smallest absolute Gasteiger partial charge is 0.322 e. The van der Waals surface area contributed by atoms with Crippen molar-refractivity contribution in [3.05, 3.63) is 47.5 Å². The second kappa shape index (κ2) is 5.30. The topological polar surface area (TPSA) is 93.6 Å². The Morgan fingerprint density at radius 2 is 2.00 bits per heavy atom. The standard InChI is InChI=1S/C12H11FN4O2/c1-7-6-10(11(14)17-18)16-12(15-7)19-9-4-2-8(13)3-5-9/h2-6,18H,1H3,(H2,14,17). The van der Waals surface area contributed by atoms with E-state index in [-0.39, 0.29) is 23.4 Å². The number of rotatable bonds is 3. The molecule has 0 saturated carbocycles. The number of nitrogens with two attached hydrogens (primary N) is 1. The Morgan fingerprint density at radius 1 is 1.32 bits per heavy atom. The first kappa shape index (κ1) is 12.7. The van der Waals surface area contributed by atoms with E-state index in [0.29, 0.717) is 11.4 Å². The van der Waals surface area contributed by atoms with Gasteiger partial charge in [-0.3, -0.25) is 0 Å². The van der Waals surface area contributed by atoms with Crippen molar-refractivity contribution in [3.8, 4) is 11.8 Å². The van der Waals surface area contributed by atoms with E-state index in [9.17, 15) is 4.39 Å². The summed E-state index contributed by atoms with van der Waals surface area (Å²) in [5, 5.41) is 11.5. The molecule has 2 aromatic rings. The lowest BCUT2D eigenvalue weighted by Crippen LogP contribution is -2.16. The van der Waals surface area contributed by atoms with E-state index in [4.69, 9.17) is 15.7 Å². The third-order valence-corrected chi connectivity index (χ3v) is 2.23. The number of aromatic nitrogens is 2. The first-order valence-corrected chi connectivity index (χ1v) is 5.35. The van der Waals surface area contributed by atoms with Gasteiger partial charge in [0.05, 0.1) is 0 Å². The predicted molar refractivity (Wildman–Crippen MR) is 65.8 cm³/mol. The van der Waals surface area contributed by atoms with E-state index in [1.165, 1.54) is 24.3 Å². The fraction of sp³-hybridized carbons (Fsp3) is 0.0833. The molecule has 0 aliphatic heterocycles. The summed E-state index contributed by atoms with van der Waals surface area (Å²) in [4.78, 5) is 8.03. The molecule has 0 fully saturated rings. The normalized spacial score (nSPS) is 11.4. The minimum atomic E-state index is -0.366. The second-order valence-electron chi connectivity index (χ2n) is 3.72. The molecule has 0 spiro atoms. The van der Waals surface area contributed by atoms with Crippen molar-refractivity contribution >= 4 is 5.84 Å². The third-order valence-electron chi connectivity index (χ3n) is 2.23. The highest BCUT2D eigenvalue weighted by Crippen LogP contribution is 2.18. The van der Waals surface area contributed by atoms with Crippen molar-refractivity contribution < 1.29 is 14.3 Å². The predicted octanol–water partition coefficient (Wildman–Crippen LogP) is 1.81. The van der Waals surface area contributed by atoms with E-state index in [1.54, 1.807) is 13.0 Å². The van der Waals surface area contributed by atoms with Gasteiger partial charge in [0, 0.05) is 5.69 Å². The summed E-state index contributed by atoms with van der Waals surface area (Å²) in [5.41, 5.74) is 6.28. The molecule has 0 aliphatic rings. The first-order valence-electron chi connectivity index (χ1n) is 5.35. The van der Waals surface area contributed by atoms with Gasteiger partial charge in [0.1, 0.15) is 17.3 Å². The molecule has 1 aromatic carbocycles. The van der Waals surface area contributed by atoms with Crippen molar-refractivity contribution in [1.29, 1.82) is 0 Å². The molecule has 0 bridgehead atoms. The lowest BCUT2D eigenvalue weighted by Gasteiger charge is -2.06. The average Bonchev–Trinajstić information content (AvgIpc) is 2.40. The average molecular weight is 262 g/mol. The van der Waals surface area contributed by atoms with E-state index in [2.05, 4.69) is 15.1 Å². The zero-order chi connectivity index (χ0) is 13.8. The lowest BCUT2D eigenvalue weighted by molar-refractivity contribution is 0.318. The molecule has 0 saturated heterocycles. The quantitative estimate of drug-likeness (QED) is 0.381. The van der Waals surface area contributed by atoms with E-state index in [0.717, 1.165) is 0 Å². The minimum Gasteiger partial charge on any atom is -0.424 e. The van der Waals surface area contributed by atoms with Crippen molar-refractivity contribution in [2.24, 2.45) is 10.9 Å². The number of aryl methyl sites for hydroxylation is 1. The van der Waals surface area contributed by atoms with Crippen LogP contribution in [0, 0.1) is 12.7 Å². The number of hydrogen-bond donors (Lipinski definition) is 2. The van der Waals surface area contributed by atoms with Gasteiger partial charge in [-0.05, 0) is 37.3 Å². The number of oxime groups is 1. The summed E-state index contributed by atoms with van der Waals surface area (Å²) in [6.07, 6.45) is 0. The number of halogens is 1. The number of benzene rings is 1. The van der Waals surface area contributed by atoms with E-state index < -0.39 is 0 Å². The van der Waals surface area contributed by atoms with E-state index in [1.807, 2.05) is 0 Å². The van der Waals surface area contributed by atoms with Crippen molar-refractivity contribution in [2.45, 2.75) is 6.92 Å². The van der Waals surface area contributed by atoms with Crippen LogP contribution in [-0.4, -0.2) is 21.0 Å². The van der Waals surface area contributed by atoms with Gasteiger partial charge >= 0.3 is 6.01 Å². The molecule has 6 nitrogen and oxygen atoms in total. The Morgan fingerprint density at radius 3 is 2.63 bits per heavy atom. The van der Waals surface area contributed by atoms with Crippen LogP contribution in [0.25, 0.3) is 0 Å². The van der Waals surface area contributed by atoms with Crippen molar-refractivity contribution in [1.82, 2.24) is 9.97 Å². The molecule has 19 heavy (non-hydrogen) atoms. The van der Waals surface area contributed by atoms with Gasteiger partial charge in [-0.25, -0.2) is 9.37 Å². The highest BCUT2D eigenvalue weighted by molar-refractivity contribution is 5.95. The van der Waals surface area contributed by atoms with Gasteiger partial charge < -0.3 is 15.7 Å². The second-order valence-corrected chi connectivity index (χ2v) is 3.72. The zero-order valence-electron chi connectivity index (χ0n) is 10.0. The molecule has 2 rings (SSSR count). The molecule has 0 amide bonds. The molecule has 0 unspecified atom stereocenters. The zero-order valence-corrected chi connectivity index (χ0v) is 10.0. The summed E-state index contributed by atoms with van der Waals surface area (Å²) in [5.74, 6) is -0.123. The highest BCUT2D eigenvalue weighted by atomic mass is 19.1. The fourth-order valence-electron chi connectivity index (χ4n) is 1.38. The monoisotopic (exact) mass is 262 g/mol. The maximum Gasteiger partial charge on any atom is 0.322 e. The molecule has 0 radical (unpaired) electrons. The minimum absolute atomic E-state index is 0.0354. The van der Waals surface area contributed by atoms with Gasteiger partial charge in [-0.2, -0.15) is 4.98 Å². The van der Waals surface area contributed by atoms with Crippen molar-refractivity contribution in [3.63, 3.8) is 0 Å². The van der Waals surface area contributed by atoms with Crippen LogP contribution >= 0.6 is 0 Å². The number of amidine groups is 1. The van der Waals surface area contributed by atoms with E-state index >= 15 is 0 Å². The highest BCUT2D eigenvalue weighted by Gasteiger charge is 2.08. The Kier molecular flexibility index (Phi) is 3.56. The summed E-state index contributed by atoms with van der Waals surface area (Å²) >= 11 is 0. The lowest BCUT2D eigenvalue weighted by atomic mass is 10.3. The molecule has 0 aliphatic carbocycles. The van der Waals surface area contributed by atoms with Crippen molar-refractivity contribution in [2.75, 3.05) is 0 Å². The third kappa shape index (κ3) is 3.15. The Balaban J connectivity index is 2.30. The SMILES string of the molecule is Cc1cc(/C(N)=N/O)nc(Oc2ccc(F)cc2)n1. The summed E-state index contributed by atoms with van der Waals surface area (Å²) < 4.78 is 18.1. The van der Waals surface area contributed by atoms with Gasteiger partial charge in [0.15, 0.2) is 5.84 Å². The molecule has 1 aromatic heterocycles. The summed E-state index contributed by atoms with van der Waals surface area (Å²) in [6.45, 7) is 1.72. The maximum atomic E-state index is 12.8. The number of hydrogen-bond acceptors (Lipinski definition) is 5. The summed E-state index contributed by atoms with van der Waals surface area (Å²) in [7, 11) is 0.